The van der Waals surface area contributed by atoms with Gasteiger partial charge in [0.25, 0.3) is 0 Å². The Labute approximate surface area is 217 Å². The van der Waals surface area contributed by atoms with Gasteiger partial charge >= 0.3 is 5.97 Å². The lowest BCUT2D eigenvalue weighted by atomic mass is 9.75. The topological polar surface area (TPSA) is 61.2 Å². The highest BCUT2D eigenvalue weighted by Crippen LogP contribution is 2.47. The number of benzene rings is 1. The van der Waals surface area contributed by atoms with E-state index in [1.165, 1.54) is 30.2 Å². The molecular weight excluding hydrogens is 480 g/mol. The predicted molar refractivity (Wildman–Crippen MR) is 141 cm³/mol. The van der Waals surface area contributed by atoms with E-state index in [1.54, 1.807) is 0 Å². The minimum Gasteiger partial charge on any atom is -0.457 e. The molecule has 5 nitrogen and oxygen atoms in total. The molecule has 3 aliphatic rings. The fourth-order valence-corrected chi connectivity index (χ4v) is 7.50. The number of imidazole rings is 1. The molecule has 35 heavy (non-hydrogen) atoms. The number of aromatic nitrogens is 2. The summed E-state index contributed by atoms with van der Waals surface area (Å²) < 4.78 is 8.41. The van der Waals surface area contributed by atoms with Gasteiger partial charge in [-0.15, -0.1) is 0 Å². The molecule has 7 heteroatoms. The van der Waals surface area contributed by atoms with Crippen LogP contribution in [-0.2, 0) is 14.3 Å². The number of thioether (sulfide) groups is 1. The standard InChI is InChI=1S/C28H35ClN2O3S/c1-18(2)31-23-13-12-21(29)16-22(23)30-27(31)35-25-24(32)17-28(34-26(25)33,20-10-6-7-11-20)15-14-19-8-4-3-5-9-19/h8,12-13,16,18,20,25H,3-7,9-11,14-15,17H2,1-2H3. The molecule has 1 saturated heterocycles. The Morgan fingerprint density at radius 3 is 2.69 bits per heavy atom. The number of nitrogens with zero attached hydrogens (tertiary/aromatic N) is 2. The molecule has 2 aliphatic carbocycles. The van der Waals surface area contributed by atoms with Gasteiger partial charge in [0, 0.05) is 17.5 Å². The highest BCUT2D eigenvalue weighted by Gasteiger charge is 2.52. The Bertz CT molecular complexity index is 1130. The Morgan fingerprint density at radius 1 is 1.20 bits per heavy atom. The third-order valence-electron chi connectivity index (χ3n) is 8.00. The molecule has 0 amide bonds. The number of allylic oxidation sites excluding steroid dienone is 2. The molecule has 1 aromatic heterocycles. The van der Waals surface area contributed by atoms with E-state index in [0.717, 1.165) is 62.4 Å². The number of carbonyl (C=O) groups is 2. The highest BCUT2D eigenvalue weighted by molar-refractivity contribution is 8.01. The number of ketones is 1. The minimum absolute atomic E-state index is 0.0174. The molecule has 2 heterocycles. The molecule has 188 valence electrons. The number of carbonyl (C=O) groups excluding carboxylic acids is 2. The van der Waals surface area contributed by atoms with Crippen LogP contribution in [0.3, 0.4) is 0 Å². The van der Waals surface area contributed by atoms with Gasteiger partial charge in [-0.05, 0) is 89.3 Å². The quantitative estimate of drug-likeness (QED) is 0.218. The van der Waals surface area contributed by atoms with Crippen molar-refractivity contribution < 1.29 is 14.3 Å². The third-order valence-corrected chi connectivity index (χ3v) is 9.42. The first-order valence-electron chi connectivity index (χ1n) is 13.1. The second-order valence-electron chi connectivity index (χ2n) is 10.7. The maximum Gasteiger partial charge on any atom is 0.327 e. The molecular formula is C28H35ClN2O3S. The zero-order valence-electron chi connectivity index (χ0n) is 20.7. The fourth-order valence-electron chi connectivity index (χ4n) is 6.19. The van der Waals surface area contributed by atoms with Crippen LogP contribution in [-0.4, -0.2) is 32.2 Å². The predicted octanol–water partition coefficient (Wildman–Crippen LogP) is 7.46. The van der Waals surface area contributed by atoms with Crippen molar-refractivity contribution >= 4 is 46.1 Å². The van der Waals surface area contributed by atoms with Crippen molar-refractivity contribution in [2.24, 2.45) is 5.92 Å². The van der Waals surface area contributed by atoms with Crippen molar-refractivity contribution in [1.82, 2.24) is 9.55 Å². The first-order chi connectivity index (χ1) is 16.9. The number of Topliss-reactive ketones (excluding diaryl/α,β-unsaturated/α-hetero) is 1. The second-order valence-corrected chi connectivity index (χ2v) is 12.2. The first kappa shape index (κ1) is 24.9. The molecule has 0 N–H and O–H groups in total. The zero-order chi connectivity index (χ0) is 24.6. The van der Waals surface area contributed by atoms with Gasteiger partial charge in [0.1, 0.15) is 5.60 Å². The van der Waals surface area contributed by atoms with Gasteiger partial charge in [-0.1, -0.05) is 47.9 Å². The second kappa shape index (κ2) is 10.3. The summed E-state index contributed by atoms with van der Waals surface area (Å²) >= 11 is 7.42. The van der Waals surface area contributed by atoms with E-state index in [-0.39, 0.29) is 17.7 Å². The van der Waals surface area contributed by atoms with Crippen LogP contribution in [0, 0.1) is 5.92 Å². The number of hydrogen-bond acceptors (Lipinski definition) is 5. The average molecular weight is 515 g/mol. The normalized spacial score (nSPS) is 25.9. The van der Waals surface area contributed by atoms with E-state index in [2.05, 4.69) is 24.5 Å². The summed E-state index contributed by atoms with van der Waals surface area (Å²) in [5.41, 5.74) is 2.54. The van der Waals surface area contributed by atoms with Crippen LogP contribution >= 0.6 is 23.4 Å². The molecule has 0 radical (unpaired) electrons. The molecule has 1 saturated carbocycles. The van der Waals surface area contributed by atoms with E-state index in [1.807, 2.05) is 18.2 Å². The molecule has 0 bridgehead atoms. The van der Waals surface area contributed by atoms with Gasteiger partial charge in [0.05, 0.1) is 11.0 Å². The summed E-state index contributed by atoms with van der Waals surface area (Å²) in [5.74, 6) is -0.125. The minimum atomic E-state index is -0.872. The number of hydrogen-bond donors (Lipinski definition) is 0. The van der Waals surface area contributed by atoms with Crippen molar-refractivity contribution in [2.75, 3.05) is 0 Å². The van der Waals surface area contributed by atoms with Crippen molar-refractivity contribution in [3.05, 3.63) is 34.9 Å². The van der Waals surface area contributed by atoms with Crippen LogP contribution in [0.5, 0.6) is 0 Å². The average Bonchev–Trinajstić information content (AvgIpc) is 3.49. The molecule has 2 fully saturated rings. The Hall–Kier alpha value is -1.79. The number of halogens is 1. The molecule has 2 unspecified atom stereocenters. The van der Waals surface area contributed by atoms with E-state index in [0.29, 0.717) is 16.6 Å². The molecule has 5 rings (SSSR count). The van der Waals surface area contributed by atoms with Crippen LogP contribution in [0.25, 0.3) is 11.0 Å². The Kier molecular flexibility index (Phi) is 7.32. The van der Waals surface area contributed by atoms with Gasteiger partial charge in [-0.25, -0.2) is 4.98 Å². The summed E-state index contributed by atoms with van der Waals surface area (Å²) in [6.07, 6.45) is 13.5. The smallest absolute Gasteiger partial charge is 0.327 e. The number of esters is 1. The van der Waals surface area contributed by atoms with Gasteiger partial charge < -0.3 is 9.30 Å². The maximum absolute atomic E-state index is 13.6. The molecule has 2 atom stereocenters. The number of fused-ring (bicyclic) bond motifs is 1. The molecule has 0 spiro atoms. The van der Waals surface area contributed by atoms with Crippen LogP contribution in [0.1, 0.15) is 90.5 Å². The van der Waals surface area contributed by atoms with Crippen molar-refractivity contribution in [3.8, 4) is 0 Å². The molecule has 1 aliphatic heterocycles. The van der Waals surface area contributed by atoms with Crippen LogP contribution in [0.15, 0.2) is 35.0 Å². The number of cyclic esters (lactones) is 1. The van der Waals surface area contributed by atoms with Crippen LogP contribution < -0.4 is 0 Å². The van der Waals surface area contributed by atoms with Gasteiger partial charge in [0.15, 0.2) is 16.2 Å². The van der Waals surface area contributed by atoms with E-state index >= 15 is 0 Å². The lowest BCUT2D eigenvalue weighted by Crippen LogP contribution is -2.52. The summed E-state index contributed by atoms with van der Waals surface area (Å²) in [6, 6.07) is 5.74. The lowest BCUT2D eigenvalue weighted by Gasteiger charge is -2.43. The summed E-state index contributed by atoms with van der Waals surface area (Å²) in [6.45, 7) is 4.15. The van der Waals surface area contributed by atoms with Gasteiger partial charge in [-0.3, -0.25) is 9.59 Å². The summed E-state index contributed by atoms with van der Waals surface area (Å²) in [4.78, 5) is 31.8. The third kappa shape index (κ3) is 5.06. The number of ether oxygens (including phenoxy) is 1. The summed E-state index contributed by atoms with van der Waals surface area (Å²) in [5, 5.41) is 0.404. The first-order valence-corrected chi connectivity index (χ1v) is 14.4. The van der Waals surface area contributed by atoms with Crippen molar-refractivity contribution in [3.63, 3.8) is 0 Å². The van der Waals surface area contributed by atoms with E-state index in [4.69, 9.17) is 21.3 Å². The van der Waals surface area contributed by atoms with Crippen LogP contribution in [0.2, 0.25) is 5.02 Å². The zero-order valence-corrected chi connectivity index (χ0v) is 22.3. The van der Waals surface area contributed by atoms with E-state index in [9.17, 15) is 9.59 Å². The molecule has 1 aromatic carbocycles. The fraction of sp³-hybridized carbons (Fsp3) is 0.607. The molecule has 2 aromatic rings. The van der Waals surface area contributed by atoms with Crippen molar-refractivity contribution in [2.45, 2.75) is 107 Å². The Balaban J connectivity index is 1.39. The van der Waals surface area contributed by atoms with Crippen LogP contribution in [0.4, 0.5) is 0 Å². The van der Waals surface area contributed by atoms with Gasteiger partial charge in [-0.2, -0.15) is 0 Å². The largest absolute Gasteiger partial charge is 0.457 e. The summed E-state index contributed by atoms with van der Waals surface area (Å²) in [7, 11) is 0. The SMILES string of the molecule is CC(C)n1c(SC2C(=O)CC(CCC3=CCCCC3)(C3CCCC3)OC2=O)nc2cc(Cl)ccc21. The van der Waals surface area contributed by atoms with Crippen molar-refractivity contribution in [1.29, 1.82) is 0 Å². The Morgan fingerprint density at radius 2 is 2.00 bits per heavy atom. The van der Waals surface area contributed by atoms with E-state index < -0.39 is 16.8 Å². The van der Waals surface area contributed by atoms with Gasteiger partial charge in [0.2, 0.25) is 0 Å². The number of rotatable bonds is 7. The maximum atomic E-state index is 13.6. The highest BCUT2D eigenvalue weighted by atomic mass is 35.5. The monoisotopic (exact) mass is 514 g/mol. The lowest BCUT2D eigenvalue weighted by molar-refractivity contribution is -0.177.